The van der Waals surface area contributed by atoms with E-state index >= 15 is 0 Å². The van der Waals surface area contributed by atoms with Crippen molar-refractivity contribution < 1.29 is 40.3 Å². The fraction of sp³-hybridized carbons (Fsp3) is 0.290. The maximum Gasteiger partial charge on any atom is 0.416 e. The van der Waals surface area contributed by atoms with Crippen LogP contribution in [0.15, 0.2) is 72.9 Å². The van der Waals surface area contributed by atoms with Crippen molar-refractivity contribution in [2.75, 3.05) is 26.2 Å². The van der Waals surface area contributed by atoms with Gasteiger partial charge >= 0.3 is 12.4 Å². The molecular formula is C31H27F7N4O2. The predicted octanol–water partition coefficient (Wildman–Crippen LogP) is 6.03. The Labute approximate surface area is 247 Å². The highest BCUT2D eigenvalue weighted by Gasteiger charge is 2.39. The zero-order valence-electron chi connectivity index (χ0n) is 23.1. The van der Waals surface area contributed by atoms with Crippen molar-refractivity contribution in [3.05, 3.63) is 107 Å². The van der Waals surface area contributed by atoms with E-state index in [9.17, 15) is 40.3 Å². The number of piperazine rings is 1. The van der Waals surface area contributed by atoms with E-state index < -0.39 is 46.8 Å². The lowest BCUT2D eigenvalue weighted by atomic mass is 9.98. The van der Waals surface area contributed by atoms with Gasteiger partial charge in [-0.2, -0.15) is 26.3 Å². The van der Waals surface area contributed by atoms with Crippen LogP contribution < -0.4 is 5.32 Å². The number of hydrogen-bond acceptors (Lipinski definition) is 3. The lowest BCUT2D eigenvalue weighted by Gasteiger charge is -2.41. The van der Waals surface area contributed by atoms with E-state index in [1.165, 1.54) is 29.2 Å². The normalized spacial score (nSPS) is 16.3. The van der Waals surface area contributed by atoms with Gasteiger partial charge in [0.1, 0.15) is 5.82 Å². The monoisotopic (exact) mass is 620 g/mol. The molecule has 1 aliphatic rings. The van der Waals surface area contributed by atoms with E-state index in [1.807, 2.05) is 24.3 Å². The Kier molecular flexibility index (Phi) is 8.69. The molecular weight excluding hydrogens is 593 g/mol. The number of halogens is 7. The average molecular weight is 621 g/mol. The van der Waals surface area contributed by atoms with Crippen LogP contribution in [-0.4, -0.2) is 58.8 Å². The third-order valence-electron chi connectivity index (χ3n) is 7.56. The lowest BCUT2D eigenvalue weighted by molar-refractivity contribution is -0.143. The summed E-state index contributed by atoms with van der Waals surface area (Å²) < 4.78 is 94.3. The van der Waals surface area contributed by atoms with Gasteiger partial charge in [0, 0.05) is 54.9 Å². The number of para-hydroxylation sites is 1. The van der Waals surface area contributed by atoms with Crippen molar-refractivity contribution in [1.82, 2.24) is 20.1 Å². The molecule has 2 N–H and O–H groups in total. The van der Waals surface area contributed by atoms with Crippen LogP contribution in [0.4, 0.5) is 30.7 Å². The highest BCUT2D eigenvalue weighted by molar-refractivity contribution is 5.95. The Balaban J connectivity index is 1.39. The van der Waals surface area contributed by atoms with Gasteiger partial charge in [-0.1, -0.05) is 30.3 Å². The first-order valence-electron chi connectivity index (χ1n) is 13.7. The fourth-order valence-electron chi connectivity index (χ4n) is 5.37. The molecule has 0 spiro atoms. The molecule has 0 aliphatic carbocycles. The predicted molar refractivity (Wildman–Crippen MR) is 148 cm³/mol. The number of carbonyl (C=O) groups is 2. The number of aromatic amines is 1. The van der Waals surface area contributed by atoms with E-state index in [2.05, 4.69) is 10.3 Å². The lowest BCUT2D eigenvalue weighted by Crippen LogP contribution is -2.57. The summed E-state index contributed by atoms with van der Waals surface area (Å²) in [7, 11) is 0. The van der Waals surface area contributed by atoms with Gasteiger partial charge in [0.15, 0.2) is 0 Å². The van der Waals surface area contributed by atoms with E-state index in [-0.39, 0.29) is 51.1 Å². The third-order valence-corrected chi connectivity index (χ3v) is 7.56. The summed E-state index contributed by atoms with van der Waals surface area (Å²) in [5, 5.41) is 3.60. The molecule has 4 aromatic rings. The molecule has 0 radical (unpaired) electrons. The molecule has 1 atom stereocenters. The molecule has 0 bridgehead atoms. The molecule has 2 heterocycles. The molecule has 0 unspecified atom stereocenters. The number of fused-ring (bicyclic) bond motifs is 1. The second kappa shape index (κ2) is 12.3. The maximum absolute atomic E-state index is 13.6. The van der Waals surface area contributed by atoms with Crippen molar-refractivity contribution in [1.29, 1.82) is 0 Å². The number of nitrogens with zero attached hydrogens (tertiary/aromatic N) is 2. The Morgan fingerprint density at radius 1 is 0.886 bits per heavy atom. The summed E-state index contributed by atoms with van der Waals surface area (Å²) in [6.45, 7) is 0.364. The van der Waals surface area contributed by atoms with Crippen molar-refractivity contribution >= 4 is 22.7 Å². The van der Waals surface area contributed by atoms with E-state index in [1.54, 1.807) is 11.1 Å². The zero-order chi connectivity index (χ0) is 31.6. The van der Waals surface area contributed by atoms with Gasteiger partial charge < -0.3 is 15.2 Å². The number of nitrogens with one attached hydrogen (secondary N) is 2. The molecule has 1 aliphatic heterocycles. The first-order valence-corrected chi connectivity index (χ1v) is 13.7. The van der Waals surface area contributed by atoms with Crippen LogP contribution in [0.3, 0.4) is 0 Å². The number of carbonyl (C=O) groups excluding carboxylic acids is 2. The van der Waals surface area contributed by atoms with Crippen LogP contribution in [0.1, 0.15) is 32.6 Å². The molecule has 13 heteroatoms. The molecule has 44 heavy (non-hydrogen) atoms. The standard InChI is InChI=1S/C31H27F7N4O2/c32-24-7-5-19(6-8-24)15-40-28(43)18-41-9-10-42(25(17-41)13-21-16-39-27-4-2-1-3-26(21)27)29(44)20-11-22(30(33,34)35)14-23(12-20)31(36,37)38/h1-8,11-12,14,16,25,39H,9-10,13,15,17-18H2,(H,40,43)/t25-/m1/s1. The molecule has 232 valence electrons. The third kappa shape index (κ3) is 7.21. The summed E-state index contributed by atoms with van der Waals surface area (Å²) in [5.74, 6) is -1.71. The minimum atomic E-state index is -5.10. The van der Waals surface area contributed by atoms with Gasteiger partial charge in [-0.05, 0) is 53.9 Å². The van der Waals surface area contributed by atoms with Crippen molar-refractivity contribution in [3.8, 4) is 0 Å². The number of aromatic nitrogens is 1. The molecule has 2 amide bonds. The first-order chi connectivity index (χ1) is 20.8. The number of amides is 2. The number of alkyl halides is 6. The van der Waals surface area contributed by atoms with Crippen LogP contribution in [0.25, 0.3) is 10.9 Å². The van der Waals surface area contributed by atoms with E-state index in [0.717, 1.165) is 16.5 Å². The number of hydrogen-bond donors (Lipinski definition) is 2. The van der Waals surface area contributed by atoms with E-state index in [4.69, 9.17) is 0 Å². The quantitative estimate of drug-likeness (QED) is 0.248. The topological polar surface area (TPSA) is 68.4 Å². The minimum Gasteiger partial charge on any atom is -0.361 e. The Morgan fingerprint density at radius 2 is 1.55 bits per heavy atom. The molecule has 6 nitrogen and oxygen atoms in total. The molecule has 1 saturated heterocycles. The fourth-order valence-corrected chi connectivity index (χ4v) is 5.37. The first kappa shape index (κ1) is 31.0. The van der Waals surface area contributed by atoms with Gasteiger partial charge in [0.25, 0.3) is 5.91 Å². The largest absolute Gasteiger partial charge is 0.416 e. The summed E-state index contributed by atoms with van der Waals surface area (Å²) >= 11 is 0. The number of benzene rings is 3. The Morgan fingerprint density at radius 3 is 2.20 bits per heavy atom. The van der Waals surface area contributed by atoms with Crippen LogP contribution in [0, 0.1) is 5.82 Å². The number of H-pyrrole nitrogens is 1. The highest BCUT2D eigenvalue weighted by Crippen LogP contribution is 2.37. The van der Waals surface area contributed by atoms with Crippen LogP contribution in [-0.2, 0) is 30.1 Å². The summed E-state index contributed by atoms with van der Waals surface area (Å²) in [4.78, 5) is 32.5. The van der Waals surface area contributed by atoms with Crippen LogP contribution >= 0.6 is 0 Å². The van der Waals surface area contributed by atoms with Crippen molar-refractivity contribution in [2.24, 2.45) is 0 Å². The molecule has 0 saturated carbocycles. The SMILES string of the molecule is O=C(CN1CCN(C(=O)c2cc(C(F)(F)F)cc(C(F)(F)F)c2)[C@H](Cc2c[nH]c3ccccc23)C1)NCc1ccc(F)cc1. The van der Waals surface area contributed by atoms with Crippen molar-refractivity contribution in [2.45, 2.75) is 31.4 Å². The zero-order valence-corrected chi connectivity index (χ0v) is 23.1. The van der Waals surface area contributed by atoms with Gasteiger partial charge in [-0.3, -0.25) is 14.5 Å². The van der Waals surface area contributed by atoms with Gasteiger partial charge in [0.2, 0.25) is 5.91 Å². The summed E-state index contributed by atoms with van der Waals surface area (Å²) in [6, 6.07) is 13.2. The maximum atomic E-state index is 13.6. The number of rotatable bonds is 7. The van der Waals surface area contributed by atoms with Crippen LogP contribution in [0.2, 0.25) is 0 Å². The smallest absolute Gasteiger partial charge is 0.361 e. The molecule has 1 fully saturated rings. The Hall–Kier alpha value is -4.39. The molecule has 5 rings (SSSR count). The van der Waals surface area contributed by atoms with E-state index in [0.29, 0.717) is 17.7 Å². The van der Waals surface area contributed by atoms with Gasteiger partial charge in [0.05, 0.1) is 17.7 Å². The second-order valence-corrected chi connectivity index (χ2v) is 10.6. The molecule has 3 aromatic carbocycles. The summed E-state index contributed by atoms with van der Waals surface area (Å²) in [6.07, 6.45) is -8.22. The highest BCUT2D eigenvalue weighted by atomic mass is 19.4. The second-order valence-electron chi connectivity index (χ2n) is 10.6. The molecule has 1 aromatic heterocycles. The average Bonchev–Trinajstić information content (AvgIpc) is 3.38. The van der Waals surface area contributed by atoms with Gasteiger partial charge in [-0.15, -0.1) is 0 Å². The van der Waals surface area contributed by atoms with Gasteiger partial charge in [-0.25, -0.2) is 4.39 Å². The van der Waals surface area contributed by atoms with Crippen molar-refractivity contribution in [3.63, 3.8) is 0 Å². The Bertz CT molecular complexity index is 1620. The van der Waals surface area contributed by atoms with Crippen LogP contribution in [0.5, 0.6) is 0 Å². The minimum absolute atomic E-state index is 0.0112. The summed E-state index contributed by atoms with van der Waals surface area (Å²) in [5.41, 5.74) is -1.55.